The van der Waals surface area contributed by atoms with E-state index in [2.05, 4.69) is 36.1 Å². The summed E-state index contributed by atoms with van der Waals surface area (Å²) in [6.07, 6.45) is 15.5. The fourth-order valence-corrected chi connectivity index (χ4v) is 6.12. The second kappa shape index (κ2) is 12.6. The summed E-state index contributed by atoms with van der Waals surface area (Å²) in [7, 11) is -3.49. The molecule has 46 heavy (non-hydrogen) atoms. The molecule has 1 amide bonds. The van der Waals surface area contributed by atoms with Gasteiger partial charge in [-0.2, -0.15) is 5.10 Å². The SMILES string of the molecule is C#Cc1[nH]c(-c2n[nH]c3ccc(-c4cncc(NC(=O)C5CCCC5)c4)cc23)nc1/C(=C\N)c1cc(F)cc(CNS(C)(=O)=O)c1. The average molecular weight is 639 g/mol. The van der Waals surface area contributed by atoms with Gasteiger partial charge in [0.2, 0.25) is 15.9 Å². The van der Waals surface area contributed by atoms with Crippen molar-refractivity contribution in [2.75, 3.05) is 11.6 Å². The fraction of sp³-hybridized carbons (Fsp3) is 0.212. The highest BCUT2D eigenvalue weighted by molar-refractivity contribution is 7.88. The predicted octanol–water partition coefficient (Wildman–Crippen LogP) is 4.66. The van der Waals surface area contributed by atoms with Gasteiger partial charge in [-0.15, -0.1) is 6.42 Å². The maximum absolute atomic E-state index is 14.6. The van der Waals surface area contributed by atoms with Crippen molar-refractivity contribution in [3.8, 4) is 35.0 Å². The summed E-state index contributed by atoms with van der Waals surface area (Å²) in [4.78, 5) is 24.9. The number of aromatic nitrogens is 5. The zero-order valence-electron chi connectivity index (χ0n) is 24.9. The number of H-pyrrole nitrogens is 2. The second-order valence-corrected chi connectivity index (χ2v) is 13.1. The molecule has 2 aromatic carbocycles. The number of carbonyl (C=O) groups is 1. The number of hydrogen-bond acceptors (Lipinski definition) is 7. The molecule has 1 aliphatic carbocycles. The number of terminal acetylenes is 1. The summed E-state index contributed by atoms with van der Waals surface area (Å²) >= 11 is 0. The molecule has 3 heterocycles. The lowest BCUT2D eigenvalue weighted by Crippen LogP contribution is -2.21. The molecule has 0 aliphatic heterocycles. The summed E-state index contributed by atoms with van der Waals surface area (Å²) in [5, 5.41) is 11.3. The van der Waals surface area contributed by atoms with Crippen LogP contribution in [0.15, 0.2) is 61.1 Å². The molecule has 0 unspecified atom stereocenters. The first-order chi connectivity index (χ1) is 22.1. The monoisotopic (exact) mass is 638 g/mol. The molecule has 0 radical (unpaired) electrons. The Kier molecular flexibility index (Phi) is 8.40. The van der Waals surface area contributed by atoms with Crippen LogP contribution in [0.1, 0.15) is 48.2 Å². The zero-order valence-corrected chi connectivity index (χ0v) is 25.7. The molecule has 13 heteroatoms. The smallest absolute Gasteiger partial charge is 0.227 e. The van der Waals surface area contributed by atoms with Crippen LogP contribution in [0.4, 0.5) is 10.1 Å². The van der Waals surface area contributed by atoms with Gasteiger partial charge in [0.05, 0.1) is 23.7 Å². The number of amides is 1. The third kappa shape index (κ3) is 6.53. The van der Waals surface area contributed by atoms with E-state index in [1.807, 2.05) is 24.3 Å². The van der Waals surface area contributed by atoms with Crippen LogP contribution in [0.25, 0.3) is 39.1 Å². The van der Waals surface area contributed by atoms with Gasteiger partial charge in [-0.3, -0.25) is 14.9 Å². The third-order valence-corrected chi connectivity index (χ3v) is 8.60. The molecule has 3 aromatic heterocycles. The minimum Gasteiger partial charge on any atom is -0.404 e. The molecule has 0 saturated heterocycles. The number of benzene rings is 2. The standard InChI is InChI=1S/C33H31FN8O3S/c1-3-28-30(27(15-35)22-10-19(11-24(34)12-22)16-37-46(2,44)45)40-32(39-28)31-26-14-21(8-9-29(26)41-42-31)23-13-25(18-36-17-23)38-33(43)20-6-4-5-7-20/h1,8-15,17-18,20,37H,4-7,16,35H2,2H3,(H,38,43)(H,39,40)(H,41,42)/b27-15-. The first-order valence-corrected chi connectivity index (χ1v) is 16.5. The van der Waals surface area contributed by atoms with Crippen LogP contribution < -0.4 is 15.8 Å². The molecule has 1 fully saturated rings. The Morgan fingerprint density at radius 1 is 1.15 bits per heavy atom. The van der Waals surface area contributed by atoms with Gasteiger partial charge in [0.25, 0.3) is 0 Å². The highest BCUT2D eigenvalue weighted by Gasteiger charge is 2.23. The Bertz CT molecular complexity index is 2140. The van der Waals surface area contributed by atoms with Crippen LogP contribution in [0.3, 0.4) is 0 Å². The molecule has 11 nitrogen and oxygen atoms in total. The molecule has 5 aromatic rings. The lowest BCUT2D eigenvalue weighted by molar-refractivity contribution is -0.119. The van der Waals surface area contributed by atoms with Crippen LogP contribution in [-0.4, -0.2) is 45.7 Å². The summed E-state index contributed by atoms with van der Waals surface area (Å²) in [6.45, 7) is -0.109. The van der Waals surface area contributed by atoms with Crippen molar-refractivity contribution in [3.63, 3.8) is 0 Å². The van der Waals surface area contributed by atoms with Crippen molar-refractivity contribution in [2.45, 2.75) is 32.2 Å². The van der Waals surface area contributed by atoms with Crippen LogP contribution in [-0.2, 0) is 21.4 Å². The first kappa shape index (κ1) is 30.7. The van der Waals surface area contributed by atoms with Crippen LogP contribution in [0.2, 0.25) is 0 Å². The first-order valence-electron chi connectivity index (χ1n) is 14.6. The quantitative estimate of drug-likeness (QED) is 0.146. The summed E-state index contributed by atoms with van der Waals surface area (Å²) in [5.41, 5.74) is 11.2. The van der Waals surface area contributed by atoms with Crippen molar-refractivity contribution in [1.29, 1.82) is 0 Å². The van der Waals surface area contributed by atoms with Crippen molar-refractivity contribution in [2.24, 2.45) is 11.7 Å². The molecule has 0 bridgehead atoms. The van der Waals surface area contributed by atoms with E-state index in [0.717, 1.165) is 54.0 Å². The van der Waals surface area contributed by atoms with E-state index in [1.165, 1.54) is 18.3 Å². The summed E-state index contributed by atoms with van der Waals surface area (Å²) in [5.74, 6) is 2.42. The summed E-state index contributed by atoms with van der Waals surface area (Å²) in [6, 6.07) is 11.8. The van der Waals surface area contributed by atoms with E-state index in [9.17, 15) is 17.6 Å². The largest absolute Gasteiger partial charge is 0.404 e. The van der Waals surface area contributed by atoms with E-state index in [4.69, 9.17) is 17.1 Å². The minimum atomic E-state index is -3.49. The maximum atomic E-state index is 14.6. The van der Waals surface area contributed by atoms with Gasteiger partial charge in [-0.25, -0.2) is 22.5 Å². The Balaban J connectivity index is 1.33. The maximum Gasteiger partial charge on any atom is 0.227 e. The number of sulfonamides is 1. The number of pyridine rings is 1. The number of rotatable bonds is 9. The molecular weight excluding hydrogens is 607 g/mol. The number of aromatic amines is 2. The van der Waals surface area contributed by atoms with Gasteiger partial charge >= 0.3 is 0 Å². The number of hydrogen-bond donors (Lipinski definition) is 5. The van der Waals surface area contributed by atoms with Gasteiger partial charge in [0, 0.05) is 41.4 Å². The molecule has 1 saturated carbocycles. The molecule has 6 rings (SSSR count). The normalized spacial score (nSPS) is 14.1. The number of carbonyl (C=O) groups excluding carboxylic acids is 1. The Labute approximate surface area is 265 Å². The molecule has 0 spiro atoms. The second-order valence-electron chi connectivity index (χ2n) is 11.2. The van der Waals surface area contributed by atoms with E-state index in [0.29, 0.717) is 45.3 Å². The number of nitrogens with zero attached hydrogens (tertiary/aromatic N) is 3. The number of nitrogens with one attached hydrogen (secondary N) is 4. The minimum absolute atomic E-state index is 0.0212. The van der Waals surface area contributed by atoms with Crippen molar-refractivity contribution >= 4 is 38.1 Å². The fourth-order valence-electron chi connectivity index (χ4n) is 5.69. The van der Waals surface area contributed by atoms with E-state index >= 15 is 0 Å². The predicted molar refractivity (Wildman–Crippen MR) is 175 cm³/mol. The highest BCUT2D eigenvalue weighted by atomic mass is 32.2. The van der Waals surface area contributed by atoms with E-state index in [1.54, 1.807) is 18.5 Å². The average Bonchev–Trinajstić information content (AvgIpc) is 3.80. The van der Waals surface area contributed by atoms with Gasteiger partial charge < -0.3 is 16.0 Å². The number of anilines is 1. The van der Waals surface area contributed by atoms with Crippen molar-refractivity contribution < 1.29 is 17.6 Å². The zero-order chi connectivity index (χ0) is 32.4. The van der Waals surface area contributed by atoms with Crippen LogP contribution in [0, 0.1) is 24.1 Å². The lowest BCUT2D eigenvalue weighted by Gasteiger charge is -2.11. The van der Waals surface area contributed by atoms with Gasteiger partial charge in [-0.1, -0.05) is 24.8 Å². The van der Waals surface area contributed by atoms with Crippen LogP contribution in [0.5, 0.6) is 0 Å². The Morgan fingerprint density at radius 3 is 2.70 bits per heavy atom. The molecule has 6 N–H and O–H groups in total. The third-order valence-electron chi connectivity index (χ3n) is 7.93. The van der Waals surface area contributed by atoms with Gasteiger partial charge in [0.1, 0.15) is 22.9 Å². The van der Waals surface area contributed by atoms with Gasteiger partial charge in [0.15, 0.2) is 5.82 Å². The number of halogens is 1. The molecular formula is C33H31FN8O3S. The molecule has 234 valence electrons. The Morgan fingerprint density at radius 2 is 1.96 bits per heavy atom. The highest BCUT2D eigenvalue weighted by Crippen LogP contribution is 2.33. The van der Waals surface area contributed by atoms with Crippen molar-refractivity contribution in [3.05, 3.63) is 89.4 Å². The number of nitrogens with two attached hydrogens (primary N) is 1. The number of fused-ring (bicyclic) bond motifs is 1. The Hall–Kier alpha value is -5.32. The van der Waals surface area contributed by atoms with Crippen molar-refractivity contribution in [1.82, 2.24) is 29.9 Å². The van der Waals surface area contributed by atoms with Crippen LogP contribution >= 0.6 is 0 Å². The lowest BCUT2D eigenvalue weighted by atomic mass is 10.00. The topological polar surface area (TPSA) is 172 Å². The number of imidazole rings is 1. The molecule has 1 aliphatic rings. The summed E-state index contributed by atoms with van der Waals surface area (Å²) < 4.78 is 40.1. The van der Waals surface area contributed by atoms with E-state index < -0.39 is 15.8 Å². The molecule has 0 atom stereocenters. The van der Waals surface area contributed by atoms with E-state index in [-0.39, 0.29) is 18.4 Å². The van der Waals surface area contributed by atoms with Gasteiger partial charge in [-0.05, 0) is 65.9 Å².